The van der Waals surface area contributed by atoms with Crippen molar-refractivity contribution in [3.63, 3.8) is 0 Å². The van der Waals surface area contributed by atoms with E-state index in [0.29, 0.717) is 12.5 Å². The minimum Gasteiger partial charge on any atom is -0.381 e. The van der Waals surface area contributed by atoms with Crippen LogP contribution in [0.5, 0.6) is 0 Å². The van der Waals surface area contributed by atoms with E-state index >= 15 is 0 Å². The maximum atomic E-state index is 12.2. The van der Waals surface area contributed by atoms with E-state index < -0.39 is 0 Å². The molecule has 1 aliphatic carbocycles. The zero-order chi connectivity index (χ0) is 19.1. The van der Waals surface area contributed by atoms with Gasteiger partial charge in [-0.25, -0.2) is 9.97 Å². The number of nitrogens with one attached hydrogen (secondary N) is 2. The van der Waals surface area contributed by atoms with E-state index in [4.69, 9.17) is 4.74 Å². The van der Waals surface area contributed by atoms with Crippen molar-refractivity contribution in [3.8, 4) is 0 Å². The number of hydrogen-bond acceptors (Lipinski definition) is 5. The first-order valence-corrected chi connectivity index (χ1v) is 10.2. The second-order valence-electron chi connectivity index (χ2n) is 8.54. The third-order valence-corrected chi connectivity index (χ3v) is 6.59. The summed E-state index contributed by atoms with van der Waals surface area (Å²) in [5, 5.41) is 4.75. The smallest absolute Gasteiger partial charge is 0.246 e. The van der Waals surface area contributed by atoms with Gasteiger partial charge in [-0.3, -0.25) is 4.79 Å². The van der Waals surface area contributed by atoms with Crippen molar-refractivity contribution >= 4 is 22.8 Å². The number of carbonyl (C=O) groups excluding carboxylic acids is 1. The van der Waals surface area contributed by atoms with Crippen molar-refractivity contribution in [2.75, 3.05) is 31.6 Å². The molecule has 28 heavy (non-hydrogen) atoms. The van der Waals surface area contributed by atoms with E-state index in [0.717, 1.165) is 55.9 Å². The molecule has 1 atom stereocenters. The van der Waals surface area contributed by atoms with E-state index in [2.05, 4.69) is 33.0 Å². The van der Waals surface area contributed by atoms with Crippen LogP contribution in [0.2, 0.25) is 0 Å². The number of aromatic amines is 1. The zero-order valence-electron chi connectivity index (χ0n) is 16.1. The largest absolute Gasteiger partial charge is 0.381 e. The molecule has 7 heteroatoms. The van der Waals surface area contributed by atoms with Gasteiger partial charge in [-0.05, 0) is 55.1 Å². The minimum atomic E-state index is 0.0233. The van der Waals surface area contributed by atoms with E-state index in [1.54, 1.807) is 6.33 Å². The van der Waals surface area contributed by atoms with Crippen molar-refractivity contribution < 1.29 is 9.53 Å². The Morgan fingerprint density at radius 1 is 1.36 bits per heavy atom. The van der Waals surface area contributed by atoms with Crippen LogP contribution in [0.15, 0.2) is 25.2 Å². The molecule has 4 heterocycles. The maximum absolute atomic E-state index is 12.2. The van der Waals surface area contributed by atoms with Crippen molar-refractivity contribution in [1.82, 2.24) is 19.9 Å². The Kier molecular flexibility index (Phi) is 4.34. The van der Waals surface area contributed by atoms with Gasteiger partial charge in [-0.15, -0.1) is 0 Å². The normalized spacial score (nSPS) is 24.4. The Hall–Kier alpha value is -2.41. The first-order valence-electron chi connectivity index (χ1n) is 10.2. The summed E-state index contributed by atoms with van der Waals surface area (Å²) in [6, 6.07) is 0.190. The molecule has 2 aliphatic heterocycles. The van der Waals surface area contributed by atoms with Crippen molar-refractivity contribution in [1.29, 1.82) is 0 Å². The van der Waals surface area contributed by atoms with Crippen LogP contribution in [0, 0.1) is 5.41 Å². The van der Waals surface area contributed by atoms with Crippen molar-refractivity contribution in [2.45, 2.75) is 44.1 Å². The molecule has 2 aromatic rings. The molecule has 148 valence electrons. The molecular weight excluding hydrogens is 354 g/mol. The van der Waals surface area contributed by atoms with Gasteiger partial charge in [0, 0.05) is 38.5 Å². The lowest BCUT2D eigenvalue weighted by atomic mass is 9.90. The average Bonchev–Trinajstić information content (AvgIpc) is 3.30. The highest BCUT2D eigenvalue weighted by atomic mass is 16.5. The summed E-state index contributed by atoms with van der Waals surface area (Å²) in [5.41, 5.74) is 2.43. The summed E-state index contributed by atoms with van der Waals surface area (Å²) in [6.45, 7) is 6.81. The van der Waals surface area contributed by atoms with Gasteiger partial charge in [-0.1, -0.05) is 6.58 Å². The first kappa shape index (κ1) is 17.7. The first-order chi connectivity index (χ1) is 13.7. The maximum Gasteiger partial charge on any atom is 0.246 e. The van der Waals surface area contributed by atoms with Crippen LogP contribution >= 0.6 is 0 Å². The number of H-pyrrole nitrogens is 1. The van der Waals surface area contributed by atoms with Crippen molar-refractivity contribution in [2.24, 2.45) is 5.41 Å². The van der Waals surface area contributed by atoms with Gasteiger partial charge in [0.25, 0.3) is 0 Å². The fraction of sp³-hybridized carbons (Fsp3) is 0.571. The molecule has 3 fully saturated rings. The lowest BCUT2D eigenvalue weighted by molar-refractivity contribution is -0.128. The second-order valence-corrected chi connectivity index (χ2v) is 8.54. The van der Waals surface area contributed by atoms with Crippen LogP contribution in [0.25, 0.3) is 11.0 Å². The summed E-state index contributed by atoms with van der Waals surface area (Å²) in [4.78, 5) is 26.5. The quantitative estimate of drug-likeness (QED) is 0.796. The summed E-state index contributed by atoms with van der Waals surface area (Å²) in [5.74, 6) is 1.37. The van der Waals surface area contributed by atoms with Gasteiger partial charge in [0.15, 0.2) is 0 Å². The molecule has 0 aromatic carbocycles. The fourth-order valence-electron chi connectivity index (χ4n) is 4.94. The van der Waals surface area contributed by atoms with Crippen LogP contribution in [-0.4, -0.2) is 58.1 Å². The summed E-state index contributed by atoms with van der Waals surface area (Å²) < 4.78 is 5.53. The van der Waals surface area contributed by atoms with E-state index in [1.807, 2.05) is 4.90 Å². The number of likely N-dealkylation sites (tertiary alicyclic amines) is 1. The fourth-order valence-corrected chi connectivity index (χ4v) is 4.94. The number of piperidine rings is 1. The predicted molar refractivity (Wildman–Crippen MR) is 107 cm³/mol. The molecule has 0 bridgehead atoms. The molecule has 0 radical (unpaired) electrons. The molecule has 5 rings (SSSR count). The number of rotatable bonds is 4. The molecule has 1 saturated carbocycles. The van der Waals surface area contributed by atoms with Crippen LogP contribution in [0.4, 0.5) is 5.82 Å². The van der Waals surface area contributed by atoms with Gasteiger partial charge in [0.05, 0.1) is 5.39 Å². The Bertz CT molecular complexity index is 897. The van der Waals surface area contributed by atoms with Gasteiger partial charge in [0.2, 0.25) is 5.91 Å². The van der Waals surface area contributed by atoms with Crippen LogP contribution in [0.3, 0.4) is 0 Å². The standard InChI is InChI=1S/C21H27N5O2/c1-2-17(27)26-11-15(9-21(12-26)5-6-21)25-20-18-16(14-3-7-28-8-4-14)10-22-19(18)23-13-24-20/h2,10,13-15H,1,3-9,11-12H2,(H2,22,23,24,25). The highest BCUT2D eigenvalue weighted by Crippen LogP contribution is 2.52. The van der Waals surface area contributed by atoms with Gasteiger partial charge in [0.1, 0.15) is 17.8 Å². The Labute approximate surface area is 164 Å². The highest BCUT2D eigenvalue weighted by molar-refractivity contribution is 5.91. The predicted octanol–water partition coefficient (Wildman–Crippen LogP) is 2.83. The Morgan fingerprint density at radius 2 is 2.18 bits per heavy atom. The molecule has 2 N–H and O–H groups in total. The lowest BCUT2D eigenvalue weighted by Crippen LogP contribution is -2.49. The molecule has 1 amide bonds. The summed E-state index contributed by atoms with van der Waals surface area (Å²) in [7, 11) is 0. The number of amides is 1. The molecule has 1 unspecified atom stereocenters. The average molecular weight is 381 g/mol. The summed E-state index contributed by atoms with van der Waals surface area (Å²) >= 11 is 0. The third-order valence-electron chi connectivity index (χ3n) is 6.59. The van der Waals surface area contributed by atoms with Crippen molar-refractivity contribution in [3.05, 3.63) is 30.7 Å². The van der Waals surface area contributed by atoms with E-state index in [9.17, 15) is 4.79 Å². The monoisotopic (exact) mass is 381 g/mol. The van der Waals surface area contributed by atoms with E-state index in [-0.39, 0.29) is 17.4 Å². The Morgan fingerprint density at radius 3 is 2.93 bits per heavy atom. The lowest BCUT2D eigenvalue weighted by Gasteiger charge is -2.38. The topological polar surface area (TPSA) is 83.1 Å². The van der Waals surface area contributed by atoms with Gasteiger partial charge < -0.3 is 19.9 Å². The molecule has 7 nitrogen and oxygen atoms in total. The molecule has 2 aromatic heterocycles. The van der Waals surface area contributed by atoms with Gasteiger partial charge >= 0.3 is 0 Å². The molecular formula is C21H27N5O2. The van der Waals surface area contributed by atoms with Crippen LogP contribution in [-0.2, 0) is 9.53 Å². The number of aromatic nitrogens is 3. The number of hydrogen-bond donors (Lipinski definition) is 2. The number of ether oxygens (including phenoxy) is 1. The SMILES string of the molecule is C=CC(=O)N1CC(Nc2ncnc3[nH]cc(C4CCOCC4)c23)CC2(CC2)C1. The minimum absolute atomic E-state index is 0.0233. The number of anilines is 1. The van der Waals surface area contributed by atoms with Crippen LogP contribution < -0.4 is 5.32 Å². The molecule has 3 aliphatic rings. The molecule has 2 saturated heterocycles. The highest BCUT2D eigenvalue weighted by Gasteiger charge is 2.49. The van der Waals surface area contributed by atoms with Gasteiger partial charge in [-0.2, -0.15) is 0 Å². The number of carbonyl (C=O) groups is 1. The molecule has 1 spiro atoms. The summed E-state index contributed by atoms with van der Waals surface area (Å²) in [6.07, 6.45) is 10.6. The Balaban J connectivity index is 1.43. The van der Waals surface area contributed by atoms with Crippen LogP contribution in [0.1, 0.15) is 43.6 Å². The van der Waals surface area contributed by atoms with E-state index in [1.165, 1.54) is 24.5 Å². The zero-order valence-corrected chi connectivity index (χ0v) is 16.1. The number of fused-ring (bicyclic) bond motifs is 1. The second kappa shape index (κ2) is 6.88. The number of nitrogens with zero attached hydrogens (tertiary/aromatic N) is 3. The third kappa shape index (κ3) is 3.17.